The number of hydrogen-bond acceptors (Lipinski definition) is 5. The van der Waals surface area contributed by atoms with Gasteiger partial charge < -0.3 is 4.74 Å². The Morgan fingerprint density at radius 3 is 2.67 bits per heavy atom. The van der Waals surface area contributed by atoms with E-state index in [1.54, 1.807) is 6.07 Å². The molecule has 0 aromatic heterocycles. The van der Waals surface area contributed by atoms with E-state index in [4.69, 9.17) is 16.3 Å². The third-order valence-electron chi connectivity index (χ3n) is 3.50. The van der Waals surface area contributed by atoms with Gasteiger partial charge in [0.15, 0.2) is 0 Å². The fourth-order valence-electron chi connectivity index (χ4n) is 2.06. The van der Waals surface area contributed by atoms with Crippen molar-refractivity contribution in [2.75, 3.05) is 20.7 Å². The van der Waals surface area contributed by atoms with Gasteiger partial charge in [0, 0.05) is 12.6 Å². The first-order chi connectivity index (χ1) is 12.8. The van der Waals surface area contributed by atoms with Crippen LogP contribution >= 0.6 is 11.6 Å². The molecule has 1 N–H and O–H groups in total. The maximum absolute atomic E-state index is 13.4. The quantitative estimate of drug-likeness (QED) is 0.557. The Kier molecular flexibility index (Phi) is 6.89. The zero-order valence-corrected chi connectivity index (χ0v) is 16.1. The molecule has 10 heteroatoms. The van der Waals surface area contributed by atoms with Gasteiger partial charge in [-0.05, 0) is 24.3 Å². The van der Waals surface area contributed by atoms with Gasteiger partial charge in [-0.15, -0.1) is 0 Å². The molecule has 7 nitrogen and oxygen atoms in total. The van der Waals surface area contributed by atoms with Crippen molar-refractivity contribution in [1.29, 1.82) is 0 Å². The normalized spacial score (nSPS) is 11.7. The van der Waals surface area contributed by atoms with Crippen molar-refractivity contribution < 1.29 is 22.3 Å². The van der Waals surface area contributed by atoms with E-state index >= 15 is 0 Å². The van der Waals surface area contributed by atoms with E-state index in [0.29, 0.717) is 5.75 Å². The van der Waals surface area contributed by atoms with E-state index in [-0.39, 0.29) is 15.5 Å². The zero-order valence-electron chi connectivity index (χ0n) is 14.5. The van der Waals surface area contributed by atoms with Crippen LogP contribution in [0, 0.1) is 5.82 Å². The molecule has 144 valence electrons. The van der Waals surface area contributed by atoms with Gasteiger partial charge in [-0.25, -0.2) is 18.2 Å². The fraction of sp³-hybridized carbons (Fsp3) is 0.176. The number of ether oxygens (including phenoxy) is 1. The summed E-state index contributed by atoms with van der Waals surface area (Å²) in [5, 5.41) is 3.75. The van der Waals surface area contributed by atoms with E-state index in [0.717, 1.165) is 10.5 Å². The third kappa shape index (κ3) is 5.25. The number of nitrogens with zero attached hydrogens (tertiary/aromatic N) is 2. The lowest BCUT2D eigenvalue weighted by atomic mass is 10.2. The number of halogens is 2. The second-order valence-corrected chi connectivity index (χ2v) is 7.82. The summed E-state index contributed by atoms with van der Waals surface area (Å²) in [5.74, 6) is -0.849. The van der Waals surface area contributed by atoms with Crippen LogP contribution in [0.3, 0.4) is 0 Å². The molecule has 2 rings (SSSR count). The fourth-order valence-corrected chi connectivity index (χ4v) is 3.54. The predicted octanol–water partition coefficient (Wildman–Crippen LogP) is 2.26. The molecule has 0 saturated heterocycles. The minimum Gasteiger partial charge on any atom is -0.495 e. The number of carbonyl (C=O) groups is 1. The van der Waals surface area contributed by atoms with Gasteiger partial charge in [-0.1, -0.05) is 29.8 Å². The van der Waals surface area contributed by atoms with Gasteiger partial charge >= 0.3 is 0 Å². The molecule has 0 spiro atoms. The first-order valence-electron chi connectivity index (χ1n) is 7.62. The van der Waals surface area contributed by atoms with Gasteiger partial charge in [0.2, 0.25) is 10.0 Å². The lowest BCUT2D eigenvalue weighted by molar-refractivity contribution is -0.121. The average Bonchev–Trinajstić information content (AvgIpc) is 2.63. The number of likely N-dealkylation sites (N-methyl/N-ethyl adjacent to an activating group) is 1. The monoisotopic (exact) mass is 413 g/mol. The number of amides is 1. The number of nitrogens with one attached hydrogen (secondary N) is 1. The molecule has 0 bridgehead atoms. The largest absolute Gasteiger partial charge is 0.495 e. The third-order valence-corrected chi connectivity index (χ3v) is 5.59. The molecule has 0 heterocycles. The highest BCUT2D eigenvalue weighted by Gasteiger charge is 2.23. The van der Waals surface area contributed by atoms with Crippen LogP contribution < -0.4 is 10.2 Å². The standard InChI is InChI=1S/C17H17ClFN3O4S/c1-22(27(24,25)13-7-8-16(26-2)14(18)9-13)11-17(23)21-20-10-12-5-3-4-6-15(12)19/h3-10H,11H2,1-2H3,(H,21,23)/b20-10-. The van der Waals surface area contributed by atoms with E-state index in [9.17, 15) is 17.6 Å². The van der Waals surface area contributed by atoms with E-state index in [1.807, 2.05) is 0 Å². The highest BCUT2D eigenvalue weighted by Crippen LogP contribution is 2.27. The Morgan fingerprint density at radius 2 is 2.04 bits per heavy atom. The van der Waals surface area contributed by atoms with Crippen molar-refractivity contribution in [3.8, 4) is 5.75 Å². The number of rotatable bonds is 7. The summed E-state index contributed by atoms with van der Waals surface area (Å²) in [6.45, 7) is -0.486. The molecule has 0 aliphatic carbocycles. The Balaban J connectivity index is 2.02. The van der Waals surface area contributed by atoms with Crippen molar-refractivity contribution >= 4 is 33.7 Å². The molecule has 27 heavy (non-hydrogen) atoms. The minimum absolute atomic E-state index is 0.0848. The molecule has 2 aromatic carbocycles. The molecule has 2 aromatic rings. The van der Waals surface area contributed by atoms with Crippen LogP contribution in [0.5, 0.6) is 5.75 Å². The molecule has 0 unspecified atom stereocenters. The Morgan fingerprint density at radius 1 is 1.33 bits per heavy atom. The Hall–Kier alpha value is -2.49. The average molecular weight is 414 g/mol. The Bertz CT molecular complexity index is 966. The number of carbonyl (C=O) groups excluding carboxylic acids is 1. The molecular formula is C17H17ClFN3O4S. The van der Waals surface area contributed by atoms with Crippen LogP contribution in [-0.2, 0) is 14.8 Å². The maximum Gasteiger partial charge on any atom is 0.255 e. The summed E-state index contributed by atoms with van der Waals surface area (Å²) >= 11 is 5.95. The van der Waals surface area contributed by atoms with Crippen molar-refractivity contribution in [2.24, 2.45) is 5.10 Å². The molecule has 0 atom stereocenters. The summed E-state index contributed by atoms with van der Waals surface area (Å²) in [5.41, 5.74) is 2.34. The summed E-state index contributed by atoms with van der Waals surface area (Å²) in [4.78, 5) is 11.8. The number of methoxy groups -OCH3 is 1. The van der Waals surface area contributed by atoms with Gasteiger partial charge in [-0.2, -0.15) is 9.41 Å². The highest BCUT2D eigenvalue weighted by atomic mass is 35.5. The lowest BCUT2D eigenvalue weighted by Crippen LogP contribution is -2.36. The van der Waals surface area contributed by atoms with Gasteiger partial charge in [0.1, 0.15) is 11.6 Å². The molecule has 0 aliphatic heterocycles. The second-order valence-electron chi connectivity index (χ2n) is 5.37. The Labute approximate surface area is 161 Å². The van der Waals surface area contributed by atoms with E-state index < -0.39 is 28.3 Å². The number of benzene rings is 2. The summed E-state index contributed by atoms with van der Waals surface area (Å²) in [6, 6.07) is 9.86. The second kappa shape index (κ2) is 8.94. The van der Waals surface area contributed by atoms with Crippen LogP contribution in [-0.4, -0.2) is 45.5 Å². The molecule has 0 fully saturated rings. The van der Waals surface area contributed by atoms with Gasteiger partial charge in [-0.3, -0.25) is 4.79 Å². The van der Waals surface area contributed by atoms with Crippen LogP contribution in [0.15, 0.2) is 52.5 Å². The number of hydrogen-bond donors (Lipinski definition) is 1. The van der Waals surface area contributed by atoms with Gasteiger partial charge in [0.05, 0.1) is 29.8 Å². The van der Waals surface area contributed by atoms with Crippen molar-refractivity contribution in [3.63, 3.8) is 0 Å². The molecular weight excluding hydrogens is 397 g/mol. The zero-order chi connectivity index (χ0) is 20.0. The topological polar surface area (TPSA) is 88.1 Å². The van der Waals surface area contributed by atoms with Crippen LogP contribution in [0.2, 0.25) is 5.02 Å². The van der Waals surface area contributed by atoms with E-state index in [1.165, 1.54) is 50.6 Å². The molecule has 0 aliphatic rings. The highest BCUT2D eigenvalue weighted by molar-refractivity contribution is 7.89. The molecule has 1 amide bonds. The van der Waals surface area contributed by atoms with Gasteiger partial charge in [0.25, 0.3) is 5.91 Å². The number of hydrazone groups is 1. The van der Waals surface area contributed by atoms with Crippen molar-refractivity contribution in [2.45, 2.75) is 4.90 Å². The van der Waals surface area contributed by atoms with Crippen LogP contribution in [0.4, 0.5) is 4.39 Å². The SMILES string of the molecule is COc1ccc(S(=O)(=O)N(C)CC(=O)N/N=C\c2ccccc2F)cc1Cl. The van der Waals surface area contributed by atoms with Crippen molar-refractivity contribution in [3.05, 3.63) is 58.9 Å². The smallest absolute Gasteiger partial charge is 0.255 e. The number of sulfonamides is 1. The summed E-state index contributed by atoms with van der Waals surface area (Å²) in [6.07, 6.45) is 1.13. The first-order valence-corrected chi connectivity index (χ1v) is 9.44. The van der Waals surface area contributed by atoms with Crippen LogP contribution in [0.25, 0.3) is 0 Å². The first kappa shape index (κ1) is 20.8. The maximum atomic E-state index is 13.4. The minimum atomic E-state index is -3.94. The molecule has 0 radical (unpaired) electrons. The summed E-state index contributed by atoms with van der Waals surface area (Å²) in [7, 11) is -1.29. The van der Waals surface area contributed by atoms with E-state index in [2.05, 4.69) is 10.5 Å². The molecule has 0 saturated carbocycles. The lowest BCUT2D eigenvalue weighted by Gasteiger charge is -2.16. The summed E-state index contributed by atoms with van der Waals surface area (Å²) < 4.78 is 44.3. The predicted molar refractivity (Wildman–Crippen MR) is 100.0 cm³/mol. The van der Waals surface area contributed by atoms with Crippen LogP contribution in [0.1, 0.15) is 5.56 Å². The van der Waals surface area contributed by atoms with Crippen molar-refractivity contribution in [1.82, 2.24) is 9.73 Å².